The average Bonchev–Trinajstić information content (AvgIpc) is 3.34. The van der Waals surface area contributed by atoms with E-state index >= 15 is 0 Å². The summed E-state index contributed by atoms with van der Waals surface area (Å²) in [5.41, 5.74) is 6.73. The molecule has 0 bridgehead atoms. The molecule has 156 valence electrons. The van der Waals surface area contributed by atoms with E-state index in [2.05, 4.69) is 118 Å². The topological polar surface area (TPSA) is 34.6 Å². The largest absolute Gasteiger partial charge is 0.341 e. The molecule has 0 aliphatic rings. The lowest BCUT2D eigenvalue weighted by Crippen LogP contribution is -1.92. The van der Waals surface area contributed by atoms with Crippen molar-refractivity contribution in [2.45, 2.75) is 26.9 Å². The van der Waals surface area contributed by atoms with Crippen LogP contribution in [0.2, 0.25) is 0 Å². The first-order valence-corrected chi connectivity index (χ1v) is 11.2. The molecule has 4 heteroatoms. The molecular weight excluding hydrogens is 392 g/mol. The van der Waals surface area contributed by atoms with E-state index in [-0.39, 0.29) is 0 Å². The van der Waals surface area contributed by atoms with Crippen molar-refractivity contribution >= 4 is 55.0 Å². The molecule has 0 saturated heterocycles. The highest BCUT2D eigenvalue weighted by molar-refractivity contribution is 6.09. The van der Waals surface area contributed by atoms with Crippen LogP contribution >= 0.6 is 0 Å². The van der Waals surface area contributed by atoms with Gasteiger partial charge in [0.25, 0.3) is 0 Å². The van der Waals surface area contributed by atoms with Gasteiger partial charge < -0.3 is 9.13 Å². The van der Waals surface area contributed by atoms with Crippen molar-refractivity contribution in [1.82, 2.24) is 9.13 Å². The Morgan fingerprint density at radius 3 is 1.34 bits per heavy atom. The Hall–Kier alpha value is -3.92. The smallest absolute Gasteiger partial charge is 0.0864 e. The SMILES string of the molecule is CCn1c2ccccc2c2cc(N=Nc3ccc4c(c3)c3ccccc3n4CC)ccc21. The van der Waals surface area contributed by atoms with Gasteiger partial charge in [-0.15, -0.1) is 0 Å². The molecule has 0 aliphatic carbocycles. The van der Waals surface area contributed by atoms with Crippen LogP contribution < -0.4 is 0 Å². The van der Waals surface area contributed by atoms with Crippen LogP contribution in [-0.2, 0) is 13.1 Å². The van der Waals surface area contributed by atoms with E-state index in [1.165, 1.54) is 43.6 Å². The molecule has 0 N–H and O–H groups in total. The number of azo groups is 1. The van der Waals surface area contributed by atoms with Crippen LogP contribution in [0, 0.1) is 0 Å². The van der Waals surface area contributed by atoms with E-state index in [0.717, 1.165) is 24.5 Å². The summed E-state index contributed by atoms with van der Waals surface area (Å²) in [5, 5.41) is 14.1. The fourth-order valence-electron chi connectivity index (χ4n) is 5.00. The second-order valence-electron chi connectivity index (χ2n) is 8.13. The molecule has 4 aromatic carbocycles. The van der Waals surface area contributed by atoms with Crippen molar-refractivity contribution < 1.29 is 0 Å². The monoisotopic (exact) mass is 416 g/mol. The van der Waals surface area contributed by atoms with E-state index < -0.39 is 0 Å². The van der Waals surface area contributed by atoms with Crippen molar-refractivity contribution in [2.75, 3.05) is 0 Å². The van der Waals surface area contributed by atoms with E-state index in [9.17, 15) is 0 Å². The molecule has 32 heavy (non-hydrogen) atoms. The second kappa shape index (κ2) is 7.34. The zero-order valence-corrected chi connectivity index (χ0v) is 18.3. The normalized spacial score (nSPS) is 12.2. The molecule has 0 saturated carbocycles. The van der Waals surface area contributed by atoms with Crippen LogP contribution in [0.5, 0.6) is 0 Å². The Morgan fingerprint density at radius 2 is 0.906 bits per heavy atom. The fraction of sp³-hybridized carbons (Fsp3) is 0.143. The maximum Gasteiger partial charge on any atom is 0.0864 e. The standard InChI is InChI=1S/C28H24N4/c1-3-31-25-11-7-5-9-21(25)23-17-19(13-15-27(23)31)29-30-20-14-16-28-24(18-20)22-10-6-8-12-26(22)32(28)4-2/h5-18H,3-4H2,1-2H3. The van der Waals surface area contributed by atoms with Crippen molar-refractivity contribution in [3.8, 4) is 0 Å². The molecule has 0 radical (unpaired) electrons. The number of aromatic nitrogens is 2. The van der Waals surface area contributed by atoms with Gasteiger partial charge >= 0.3 is 0 Å². The van der Waals surface area contributed by atoms with Gasteiger partial charge in [0.15, 0.2) is 0 Å². The third kappa shape index (κ3) is 2.76. The third-order valence-electron chi connectivity index (χ3n) is 6.43. The number of benzene rings is 4. The summed E-state index contributed by atoms with van der Waals surface area (Å²) in [6.07, 6.45) is 0. The maximum absolute atomic E-state index is 4.59. The molecule has 0 aliphatic heterocycles. The van der Waals surface area contributed by atoms with Gasteiger partial charge in [-0.25, -0.2) is 0 Å². The molecule has 0 spiro atoms. The lowest BCUT2D eigenvalue weighted by molar-refractivity contribution is 0.827. The van der Waals surface area contributed by atoms with Gasteiger partial charge in [-0.2, -0.15) is 10.2 Å². The summed E-state index contributed by atoms with van der Waals surface area (Å²) in [6, 6.07) is 29.8. The van der Waals surface area contributed by atoms with Gasteiger partial charge in [-0.05, 0) is 62.4 Å². The summed E-state index contributed by atoms with van der Waals surface area (Å²) in [4.78, 5) is 0. The minimum absolute atomic E-state index is 0.868. The van der Waals surface area contributed by atoms with Crippen LogP contribution in [0.15, 0.2) is 95.2 Å². The van der Waals surface area contributed by atoms with Crippen LogP contribution in [0.4, 0.5) is 11.4 Å². The molecule has 0 fully saturated rings. The fourth-order valence-corrected chi connectivity index (χ4v) is 5.00. The Labute approximate surface area is 186 Å². The van der Waals surface area contributed by atoms with E-state index in [4.69, 9.17) is 0 Å². The number of nitrogens with zero attached hydrogens (tertiary/aromatic N) is 4. The predicted molar refractivity (Wildman–Crippen MR) is 134 cm³/mol. The Bertz CT molecular complexity index is 1530. The summed E-state index contributed by atoms with van der Waals surface area (Å²) >= 11 is 0. The molecule has 4 nitrogen and oxygen atoms in total. The highest BCUT2D eigenvalue weighted by Gasteiger charge is 2.11. The number of aryl methyl sites for hydroxylation is 2. The molecule has 2 heterocycles. The number of hydrogen-bond donors (Lipinski definition) is 0. The van der Waals surface area contributed by atoms with Crippen LogP contribution in [0.1, 0.15) is 13.8 Å². The van der Waals surface area contributed by atoms with Crippen molar-refractivity contribution in [2.24, 2.45) is 10.2 Å². The van der Waals surface area contributed by atoms with Crippen LogP contribution in [0.3, 0.4) is 0 Å². The van der Waals surface area contributed by atoms with Crippen LogP contribution in [-0.4, -0.2) is 9.13 Å². The number of hydrogen-bond acceptors (Lipinski definition) is 2. The van der Waals surface area contributed by atoms with E-state index in [0.29, 0.717) is 0 Å². The first-order chi connectivity index (χ1) is 15.8. The zero-order valence-electron chi connectivity index (χ0n) is 18.3. The van der Waals surface area contributed by atoms with E-state index in [1.807, 2.05) is 0 Å². The van der Waals surface area contributed by atoms with Gasteiger partial charge in [0.1, 0.15) is 0 Å². The van der Waals surface area contributed by atoms with Crippen LogP contribution in [0.25, 0.3) is 43.6 Å². The molecule has 0 atom stereocenters. The third-order valence-corrected chi connectivity index (χ3v) is 6.43. The lowest BCUT2D eigenvalue weighted by Gasteiger charge is -2.03. The summed E-state index contributed by atoms with van der Waals surface area (Å²) in [7, 11) is 0. The second-order valence-corrected chi connectivity index (χ2v) is 8.13. The van der Waals surface area contributed by atoms with Gasteiger partial charge in [0.05, 0.1) is 11.4 Å². The molecular formula is C28H24N4. The lowest BCUT2D eigenvalue weighted by atomic mass is 10.1. The minimum Gasteiger partial charge on any atom is -0.341 e. The van der Waals surface area contributed by atoms with E-state index in [1.54, 1.807) is 0 Å². The highest BCUT2D eigenvalue weighted by Crippen LogP contribution is 2.34. The van der Waals surface area contributed by atoms with Crippen molar-refractivity contribution in [3.05, 3.63) is 84.9 Å². The molecule has 6 rings (SSSR count). The van der Waals surface area contributed by atoms with Gasteiger partial charge in [-0.3, -0.25) is 0 Å². The van der Waals surface area contributed by atoms with Gasteiger partial charge in [0, 0.05) is 56.7 Å². The minimum atomic E-state index is 0.868. The zero-order chi connectivity index (χ0) is 21.7. The first-order valence-electron chi connectivity index (χ1n) is 11.2. The molecule has 6 aromatic rings. The Balaban J connectivity index is 1.44. The Kier molecular flexibility index (Phi) is 4.32. The summed E-state index contributed by atoms with van der Waals surface area (Å²) in [6.45, 7) is 6.25. The number of rotatable bonds is 4. The number of fused-ring (bicyclic) bond motifs is 6. The van der Waals surface area contributed by atoms with Gasteiger partial charge in [-0.1, -0.05) is 36.4 Å². The number of para-hydroxylation sites is 2. The molecule has 2 aromatic heterocycles. The maximum atomic E-state index is 4.59. The average molecular weight is 417 g/mol. The quantitative estimate of drug-likeness (QED) is 0.259. The van der Waals surface area contributed by atoms with Crippen molar-refractivity contribution in [1.29, 1.82) is 0 Å². The van der Waals surface area contributed by atoms with Gasteiger partial charge in [0.2, 0.25) is 0 Å². The highest BCUT2D eigenvalue weighted by atomic mass is 15.1. The summed E-state index contributed by atoms with van der Waals surface area (Å²) in [5.74, 6) is 0. The Morgan fingerprint density at radius 1 is 0.500 bits per heavy atom. The predicted octanol–water partition coefficient (Wildman–Crippen LogP) is 8.36. The first kappa shape index (κ1) is 18.8. The molecule has 0 unspecified atom stereocenters. The summed E-state index contributed by atoms with van der Waals surface area (Å²) < 4.78 is 4.70. The van der Waals surface area contributed by atoms with Crippen molar-refractivity contribution in [3.63, 3.8) is 0 Å². The molecule has 0 amide bonds.